The van der Waals surface area contributed by atoms with Crippen molar-refractivity contribution in [1.29, 1.82) is 0 Å². The van der Waals surface area contributed by atoms with Crippen LogP contribution >= 0.6 is 15.9 Å². The summed E-state index contributed by atoms with van der Waals surface area (Å²) in [5.41, 5.74) is 0. The Labute approximate surface area is 103 Å². The fourth-order valence-electron chi connectivity index (χ4n) is 1.05. The van der Waals surface area contributed by atoms with Crippen molar-refractivity contribution in [2.75, 3.05) is 18.1 Å². The summed E-state index contributed by atoms with van der Waals surface area (Å²) in [7, 11) is -0.789. The number of rotatable bonds is 8. The van der Waals surface area contributed by atoms with Gasteiger partial charge in [-0.05, 0) is 19.3 Å². The minimum Gasteiger partial charge on any atom is -0.356 e. The van der Waals surface area contributed by atoms with E-state index in [1.165, 1.54) is 0 Å². The lowest BCUT2D eigenvalue weighted by Gasteiger charge is -2.08. The molecule has 1 N–H and O–H groups in total. The molecule has 2 unspecified atom stereocenters. The molecule has 0 radical (unpaired) electrons. The molecule has 3 nitrogen and oxygen atoms in total. The first-order chi connectivity index (χ1) is 7.07. The van der Waals surface area contributed by atoms with E-state index in [2.05, 4.69) is 21.2 Å². The number of unbranched alkanes of at least 4 members (excludes halogenated alkanes) is 1. The average Bonchev–Trinajstić information content (AvgIpc) is 2.18. The van der Waals surface area contributed by atoms with Crippen LogP contribution in [0.1, 0.15) is 32.6 Å². The van der Waals surface area contributed by atoms with E-state index in [1.54, 1.807) is 6.26 Å². The third-order valence-corrected chi connectivity index (χ3v) is 4.16. The fourth-order valence-corrected chi connectivity index (χ4v) is 1.90. The fraction of sp³-hybridized carbons (Fsp3) is 0.900. The van der Waals surface area contributed by atoms with Crippen LogP contribution in [-0.4, -0.2) is 33.5 Å². The van der Waals surface area contributed by atoms with Gasteiger partial charge in [0, 0.05) is 40.6 Å². The molecule has 0 aliphatic heterocycles. The minimum atomic E-state index is -0.789. The molecule has 90 valence electrons. The van der Waals surface area contributed by atoms with Gasteiger partial charge < -0.3 is 5.32 Å². The summed E-state index contributed by atoms with van der Waals surface area (Å²) in [5.74, 6) is 0.102. The lowest BCUT2D eigenvalue weighted by molar-refractivity contribution is -0.121. The first kappa shape index (κ1) is 15.1. The maximum atomic E-state index is 11.3. The van der Waals surface area contributed by atoms with Crippen molar-refractivity contribution in [2.24, 2.45) is 0 Å². The van der Waals surface area contributed by atoms with Gasteiger partial charge in [-0.2, -0.15) is 0 Å². The van der Waals surface area contributed by atoms with E-state index in [1.807, 2.05) is 6.92 Å². The summed E-state index contributed by atoms with van der Waals surface area (Å²) in [6.45, 7) is 2.57. The van der Waals surface area contributed by atoms with Gasteiger partial charge in [0.25, 0.3) is 0 Å². The van der Waals surface area contributed by atoms with Gasteiger partial charge in [0.15, 0.2) is 0 Å². The Bertz CT molecular complexity index is 212. The topological polar surface area (TPSA) is 46.2 Å². The summed E-state index contributed by atoms with van der Waals surface area (Å²) in [6.07, 6.45) is 5.03. The van der Waals surface area contributed by atoms with Gasteiger partial charge in [0.05, 0.1) is 0 Å². The molecule has 5 heteroatoms. The maximum absolute atomic E-state index is 11.3. The Kier molecular flexibility index (Phi) is 9.40. The largest absolute Gasteiger partial charge is 0.356 e. The van der Waals surface area contributed by atoms with Gasteiger partial charge in [-0.1, -0.05) is 22.9 Å². The summed E-state index contributed by atoms with van der Waals surface area (Å²) >= 11 is 3.32. The second-order valence-electron chi connectivity index (χ2n) is 3.59. The molecule has 0 saturated carbocycles. The molecule has 0 rings (SSSR count). The van der Waals surface area contributed by atoms with E-state index < -0.39 is 10.8 Å². The summed E-state index contributed by atoms with van der Waals surface area (Å²) < 4.78 is 11.0. The second-order valence-corrected chi connectivity index (χ2v) is 6.19. The highest BCUT2D eigenvalue weighted by Crippen LogP contribution is 2.00. The molecule has 15 heavy (non-hydrogen) atoms. The Morgan fingerprint density at radius 1 is 1.47 bits per heavy atom. The monoisotopic (exact) mass is 297 g/mol. The highest BCUT2D eigenvalue weighted by Gasteiger charge is 2.06. The van der Waals surface area contributed by atoms with Gasteiger partial charge >= 0.3 is 0 Å². The lowest BCUT2D eigenvalue weighted by Crippen LogP contribution is -2.27. The third kappa shape index (κ3) is 9.05. The van der Waals surface area contributed by atoms with Gasteiger partial charge in [-0.25, -0.2) is 0 Å². The highest BCUT2D eigenvalue weighted by molar-refractivity contribution is 9.09. The number of carbonyl (C=O) groups is 1. The molecule has 2 atom stereocenters. The molecule has 0 aromatic carbocycles. The van der Waals surface area contributed by atoms with Crippen molar-refractivity contribution in [3.05, 3.63) is 0 Å². The lowest BCUT2D eigenvalue weighted by atomic mass is 10.2. The molecular formula is C10H20BrNO2S. The third-order valence-electron chi connectivity index (χ3n) is 2.23. The summed E-state index contributed by atoms with van der Waals surface area (Å²) in [5, 5.41) is 3.95. The number of hydrogen-bond donors (Lipinski definition) is 1. The van der Waals surface area contributed by atoms with Gasteiger partial charge in [-0.15, -0.1) is 0 Å². The van der Waals surface area contributed by atoms with Crippen molar-refractivity contribution in [2.45, 2.75) is 37.9 Å². The standard InChI is InChI=1S/C10H20BrNO2S/c1-9(15(2)14)6-8-12-10(13)5-3-4-7-11/h9H,3-8H2,1-2H3,(H,12,13). The van der Waals surface area contributed by atoms with Crippen molar-refractivity contribution < 1.29 is 9.00 Å². The van der Waals surface area contributed by atoms with E-state index in [9.17, 15) is 9.00 Å². The van der Waals surface area contributed by atoms with Crippen molar-refractivity contribution >= 4 is 32.6 Å². The zero-order valence-corrected chi connectivity index (χ0v) is 11.8. The molecule has 0 aromatic rings. The van der Waals surface area contributed by atoms with E-state index in [4.69, 9.17) is 0 Å². The smallest absolute Gasteiger partial charge is 0.219 e. The second kappa shape index (κ2) is 9.33. The predicted molar refractivity (Wildman–Crippen MR) is 68.8 cm³/mol. The quantitative estimate of drug-likeness (QED) is 0.549. The highest BCUT2D eigenvalue weighted by atomic mass is 79.9. The van der Waals surface area contributed by atoms with Crippen LogP contribution in [0.15, 0.2) is 0 Å². The molecule has 0 aliphatic rings. The van der Waals surface area contributed by atoms with E-state index in [-0.39, 0.29) is 11.2 Å². The van der Waals surface area contributed by atoms with Crippen LogP contribution in [0.4, 0.5) is 0 Å². The number of nitrogens with one attached hydrogen (secondary N) is 1. The molecule has 0 spiro atoms. The summed E-state index contributed by atoms with van der Waals surface area (Å²) in [4.78, 5) is 11.3. The minimum absolute atomic E-state index is 0.102. The van der Waals surface area contributed by atoms with Crippen molar-refractivity contribution in [3.63, 3.8) is 0 Å². The van der Waals surface area contributed by atoms with Crippen LogP contribution in [0.3, 0.4) is 0 Å². The SMILES string of the molecule is CC(CCNC(=O)CCCCBr)S(C)=O. The van der Waals surface area contributed by atoms with Crippen LogP contribution in [0, 0.1) is 0 Å². The molecular weight excluding hydrogens is 278 g/mol. The number of hydrogen-bond acceptors (Lipinski definition) is 2. The average molecular weight is 298 g/mol. The summed E-state index contributed by atoms with van der Waals surface area (Å²) in [6, 6.07) is 0. The molecule has 0 aromatic heterocycles. The number of amides is 1. The Balaban J connectivity index is 3.42. The van der Waals surface area contributed by atoms with Crippen molar-refractivity contribution in [1.82, 2.24) is 5.32 Å². The number of halogens is 1. The molecule has 0 saturated heterocycles. The number of alkyl halides is 1. The van der Waals surface area contributed by atoms with E-state index in [0.29, 0.717) is 13.0 Å². The molecule has 1 amide bonds. The predicted octanol–water partition coefficient (Wildman–Crippen LogP) is 1.82. The molecule has 0 heterocycles. The first-order valence-corrected chi connectivity index (χ1v) is 7.97. The molecule has 0 bridgehead atoms. The van der Waals surface area contributed by atoms with E-state index in [0.717, 1.165) is 24.6 Å². The Hall–Kier alpha value is 0.1000. The normalized spacial score (nSPS) is 14.6. The number of carbonyl (C=O) groups excluding carboxylic acids is 1. The molecule has 0 aliphatic carbocycles. The van der Waals surface area contributed by atoms with Crippen LogP contribution in [0.25, 0.3) is 0 Å². The van der Waals surface area contributed by atoms with Crippen LogP contribution in [-0.2, 0) is 15.6 Å². The van der Waals surface area contributed by atoms with Gasteiger partial charge in [-0.3, -0.25) is 9.00 Å². The first-order valence-electron chi connectivity index (χ1n) is 5.22. The molecule has 0 fully saturated rings. The zero-order valence-electron chi connectivity index (χ0n) is 9.42. The Morgan fingerprint density at radius 2 is 2.13 bits per heavy atom. The van der Waals surface area contributed by atoms with Crippen molar-refractivity contribution in [3.8, 4) is 0 Å². The van der Waals surface area contributed by atoms with E-state index >= 15 is 0 Å². The van der Waals surface area contributed by atoms with Gasteiger partial charge in [0.2, 0.25) is 5.91 Å². The van der Waals surface area contributed by atoms with Crippen LogP contribution in [0.2, 0.25) is 0 Å². The maximum Gasteiger partial charge on any atom is 0.219 e. The van der Waals surface area contributed by atoms with Gasteiger partial charge in [0.1, 0.15) is 0 Å². The zero-order chi connectivity index (χ0) is 11.7. The van der Waals surface area contributed by atoms with Crippen LogP contribution < -0.4 is 5.32 Å². The Morgan fingerprint density at radius 3 is 2.67 bits per heavy atom. The van der Waals surface area contributed by atoms with Crippen LogP contribution in [0.5, 0.6) is 0 Å².